The second-order valence-corrected chi connectivity index (χ2v) is 13.1. The van der Waals surface area contributed by atoms with Gasteiger partial charge in [-0.15, -0.1) is 0 Å². The van der Waals surface area contributed by atoms with Gasteiger partial charge in [-0.2, -0.15) is 0 Å². The molecular weight excluding hydrogens is 395 g/mol. The van der Waals surface area contributed by atoms with Crippen molar-refractivity contribution in [1.82, 2.24) is 0 Å². The van der Waals surface area contributed by atoms with E-state index < -0.39 is 13.6 Å². The molecule has 0 saturated heterocycles. The van der Waals surface area contributed by atoms with Crippen LogP contribution in [0.3, 0.4) is 0 Å². The van der Waals surface area contributed by atoms with Crippen LogP contribution in [0.1, 0.15) is 6.92 Å². The molecule has 3 rings (SSSR count). The summed E-state index contributed by atoms with van der Waals surface area (Å²) in [4.78, 5) is 0. The summed E-state index contributed by atoms with van der Waals surface area (Å²) in [5.74, 6) is 0. The first-order valence-corrected chi connectivity index (χ1v) is 11.6. The van der Waals surface area contributed by atoms with E-state index in [0.29, 0.717) is 0 Å². The molecule has 0 heterocycles. The Kier molecular flexibility index (Phi) is 6.05. The molecule has 0 aliphatic rings. The summed E-state index contributed by atoms with van der Waals surface area (Å²) in [6.07, 6.45) is 0. The van der Waals surface area contributed by atoms with E-state index >= 15 is 0 Å². The predicted octanol–water partition coefficient (Wildman–Crippen LogP) is 0.181. The van der Waals surface area contributed by atoms with Crippen LogP contribution in [0, 0.1) is 0 Å². The Morgan fingerprint density at radius 3 is 1.05 bits per heavy atom. The maximum atomic E-state index is 2.35. The maximum absolute atomic E-state index is 2.35. The molecule has 0 radical (unpaired) electrons. The fourth-order valence-corrected chi connectivity index (χ4v) is 11.5. The van der Waals surface area contributed by atoms with Crippen LogP contribution in [-0.4, -0.2) is 13.6 Å². The first-order chi connectivity index (χ1) is 10.4. The fraction of sp³-hybridized carbons (Fsp3) is 0.100. The van der Waals surface area contributed by atoms with Crippen molar-refractivity contribution in [2.45, 2.75) is 12.1 Å². The van der Waals surface area contributed by atoms with Gasteiger partial charge in [0.1, 0.15) is 0 Å². The molecule has 2 heteroatoms. The Bertz CT molecular complexity index is 584. The zero-order chi connectivity index (χ0) is 14.5. The van der Waals surface area contributed by atoms with Crippen LogP contribution in [0.4, 0.5) is 0 Å². The predicted molar refractivity (Wildman–Crippen MR) is 94.5 cm³/mol. The average molecular weight is 415 g/mol. The van der Waals surface area contributed by atoms with Crippen molar-refractivity contribution in [3.8, 4) is 0 Å². The van der Waals surface area contributed by atoms with Crippen LogP contribution in [0.15, 0.2) is 91.0 Å². The minimum absolute atomic E-state index is 0. The molecular formula is C20H20AsBr. The standard InChI is InChI=1S/C20H20As.BrH/c1-2-21(18-12-6-3-7-13-18,19-14-8-4-9-15-19)20-16-10-5-11-17-20;/h3-17H,2H2,1H3;1H/q+1;/p-1. The van der Waals surface area contributed by atoms with Crippen LogP contribution >= 0.6 is 0 Å². The minimum atomic E-state index is -2.33. The Balaban J connectivity index is 0.00000176. The monoisotopic (exact) mass is 414 g/mol. The molecule has 0 aliphatic carbocycles. The molecule has 0 N–H and O–H groups in total. The summed E-state index contributed by atoms with van der Waals surface area (Å²) in [6, 6.07) is 33.3. The van der Waals surface area contributed by atoms with Crippen LogP contribution in [0.25, 0.3) is 0 Å². The molecule has 112 valence electrons. The second kappa shape index (κ2) is 7.81. The smallest absolute Gasteiger partial charge is 1.00 e. The molecule has 3 aromatic carbocycles. The third kappa shape index (κ3) is 3.07. The quantitative estimate of drug-likeness (QED) is 0.534. The van der Waals surface area contributed by atoms with E-state index in [1.165, 1.54) is 18.3 Å². The van der Waals surface area contributed by atoms with Gasteiger partial charge in [0.2, 0.25) is 0 Å². The molecule has 0 unspecified atom stereocenters. The number of benzene rings is 3. The summed E-state index contributed by atoms with van der Waals surface area (Å²) >= 11 is -2.33. The van der Waals surface area contributed by atoms with Gasteiger partial charge in [-0.1, -0.05) is 0 Å². The van der Waals surface area contributed by atoms with E-state index in [9.17, 15) is 0 Å². The van der Waals surface area contributed by atoms with Crippen LogP contribution in [0.2, 0.25) is 5.21 Å². The van der Waals surface area contributed by atoms with Crippen molar-refractivity contribution < 1.29 is 17.0 Å². The molecule has 0 nitrogen and oxygen atoms in total. The van der Waals surface area contributed by atoms with Gasteiger partial charge < -0.3 is 17.0 Å². The Labute approximate surface area is 146 Å². The van der Waals surface area contributed by atoms with Gasteiger partial charge in [-0.25, -0.2) is 0 Å². The van der Waals surface area contributed by atoms with E-state index in [1.807, 2.05) is 0 Å². The summed E-state index contributed by atoms with van der Waals surface area (Å²) in [6.45, 7) is 2.35. The van der Waals surface area contributed by atoms with Gasteiger partial charge in [0.15, 0.2) is 0 Å². The van der Waals surface area contributed by atoms with Crippen molar-refractivity contribution >= 4 is 26.6 Å². The largest absolute Gasteiger partial charge is 1.00 e. The molecule has 22 heavy (non-hydrogen) atoms. The number of rotatable bonds is 4. The maximum Gasteiger partial charge on any atom is -1.00 e. The molecule has 0 fully saturated rings. The number of hydrogen-bond acceptors (Lipinski definition) is 0. The topological polar surface area (TPSA) is 0 Å². The third-order valence-corrected chi connectivity index (χ3v) is 13.5. The van der Waals surface area contributed by atoms with Gasteiger partial charge >= 0.3 is 130 Å². The number of halogens is 1. The average Bonchev–Trinajstić information content (AvgIpc) is 2.59. The molecule has 0 saturated carbocycles. The fourth-order valence-electron chi connectivity index (χ4n) is 3.04. The van der Waals surface area contributed by atoms with Crippen LogP contribution < -0.4 is 30.0 Å². The molecule has 0 atom stereocenters. The summed E-state index contributed by atoms with van der Waals surface area (Å²) in [5, 5.41) is 1.20. The summed E-state index contributed by atoms with van der Waals surface area (Å²) in [7, 11) is 0. The van der Waals surface area contributed by atoms with Gasteiger partial charge in [0.25, 0.3) is 0 Å². The Morgan fingerprint density at radius 2 is 0.818 bits per heavy atom. The van der Waals surface area contributed by atoms with Crippen LogP contribution in [0.5, 0.6) is 0 Å². The molecule has 3 aromatic rings. The zero-order valence-corrected chi connectivity index (χ0v) is 16.2. The first-order valence-electron chi connectivity index (χ1n) is 7.43. The van der Waals surface area contributed by atoms with E-state index in [4.69, 9.17) is 0 Å². The van der Waals surface area contributed by atoms with Gasteiger partial charge in [-0.05, 0) is 0 Å². The van der Waals surface area contributed by atoms with Crippen molar-refractivity contribution in [2.75, 3.05) is 0 Å². The molecule has 0 bridgehead atoms. The molecule has 0 spiro atoms. The summed E-state index contributed by atoms with van der Waals surface area (Å²) in [5.41, 5.74) is 0. The van der Waals surface area contributed by atoms with Crippen molar-refractivity contribution in [3.05, 3.63) is 91.0 Å². The van der Waals surface area contributed by atoms with Gasteiger partial charge in [-0.3, -0.25) is 0 Å². The molecule has 0 amide bonds. The van der Waals surface area contributed by atoms with E-state index in [0.717, 1.165) is 0 Å². The summed E-state index contributed by atoms with van der Waals surface area (Å²) < 4.78 is 4.57. The van der Waals surface area contributed by atoms with Crippen LogP contribution in [-0.2, 0) is 0 Å². The van der Waals surface area contributed by atoms with Gasteiger partial charge in [0.05, 0.1) is 0 Å². The molecule has 0 aromatic heterocycles. The second-order valence-electron chi connectivity index (χ2n) is 5.13. The van der Waals surface area contributed by atoms with Gasteiger partial charge in [0, 0.05) is 0 Å². The SMILES string of the molecule is CC[As+](c1ccccc1)(c1ccccc1)c1ccccc1.[Br-]. The van der Waals surface area contributed by atoms with E-state index in [-0.39, 0.29) is 17.0 Å². The minimum Gasteiger partial charge on any atom is -1.00 e. The van der Waals surface area contributed by atoms with Crippen molar-refractivity contribution in [1.29, 1.82) is 0 Å². The normalized spacial score (nSPS) is 10.8. The van der Waals surface area contributed by atoms with Crippen molar-refractivity contribution in [3.63, 3.8) is 0 Å². The Morgan fingerprint density at radius 1 is 0.545 bits per heavy atom. The zero-order valence-electron chi connectivity index (χ0n) is 12.7. The first kappa shape index (κ1) is 17.1. The number of hydrogen-bond donors (Lipinski definition) is 0. The Hall–Kier alpha value is -1.30. The van der Waals surface area contributed by atoms with E-state index in [1.54, 1.807) is 0 Å². The molecule has 0 aliphatic heterocycles. The third-order valence-electron chi connectivity index (χ3n) is 4.07. The van der Waals surface area contributed by atoms with E-state index in [2.05, 4.69) is 97.9 Å². The van der Waals surface area contributed by atoms with Crippen molar-refractivity contribution in [2.24, 2.45) is 0 Å².